The van der Waals surface area contributed by atoms with Crippen molar-refractivity contribution in [2.24, 2.45) is 17.8 Å². The van der Waals surface area contributed by atoms with E-state index in [1.54, 1.807) is 6.20 Å². The molecule has 1 saturated heterocycles. The number of ether oxygens (including phenoxy) is 1. The van der Waals surface area contributed by atoms with Gasteiger partial charge in [-0.1, -0.05) is 39.0 Å². The van der Waals surface area contributed by atoms with Gasteiger partial charge in [0.05, 0.1) is 17.4 Å². The highest BCUT2D eigenvalue weighted by Gasteiger charge is 2.57. The lowest BCUT2D eigenvalue weighted by Crippen LogP contribution is -2.63. The van der Waals surface area contributed by atoms with E-state index in [2.05, 4.69) is 22.2 Å². The molecule has 2 saturated carbocycles. The summed E-state index contributed by atoms with van der Waals surface area (Å²) in [5, 5.41) is 3.33. The van der Waals surface area contributed by atoms with Gasteiger partial charge in [0, 0.05) is 30.7 Å². The molecule has 4 atom stereocenters. The molecular formula is C19H27N3O2. The first-order valence-corrected chi connectivity index (χ1v) is 9.51. The molecule has 0 bridgehead atoms. The number of hydrogen-bond donors (Lipinski definition) is 1. The van der Waals surface area contributed by atoms with Gasteiger partial charge in [0.2, 0.25) is 0 Å². The summed E-state index contributed by atoms with van der Waals surface area (Å²) in [4.78, 5) is 21.2. The molecule has 3 fully saturated rings. The third-order valence-corrected chi connectivity index (χ3v) is 6.21. The Morgan fingerprint density at radius 1 is 1.33 bits per heavy atom. The Kier molecular flexibility index (Phi) is 4.53. The summed E-state index contributed by atoms with van der Waals surface area (Å²) in [6.07, 6.45) is 11.7. The highest BCUT2D eigenvalue weighted by atomic mass is 16.5. The fourth-order valence-corrected chi connectivity index (χ4v) is 5.07. The van der Waals surface area contributed by atoms with Crippen LogP contribution >= 0.6 is 0 Å². The van der Waals surface area contributed by atoms with Crippen molar-refractivity contribution >= 4 is 5.91 Å². The zero-order valence-electron chi connectivity index (χ0n) is 14.4. The maximum atomic E-state index is 12.9. The van der Waals surface area contributed by atoms with Gasteiger partial charge in [-0.15, -0.1) is 0 Å². The highest BCUT2D eigenvalue weighted by molar-refractivity contribution is 5.95. The van der Waals surface area contributed by atoms with Crippen LogP contribution in [0.25, 0.3) is 0 Å². The fraction of sp³-hybridized carbons (Fsp3) is 0.737. The van der Waals surface area contributed by atoms with E-state index in [0.29, 0.717) is 23.5 Å². The van der Waals surface area contributed by atoms with E-state index in [0.717, 1.165) is 37.5 Å². The third kappa shape index (κ3) is 2.73. The van der Waals surface area contributed by atoms with Gasteiger partial charge < -0.3 is 10.1 Å². The second-order valence-electron chi connectivity index (χ2n) is 7.54. The summed E-state index contributed by atoms with van der Waals surface area (Å²) >= 11 is 0. The molecule has 1 amide bonds. The number of nitrogens with one attached hydrogen (secondary N) is 1. The molecule has 0 radical (unpaired) electrons. The number of amides is 1. The van der Waals surface area contributed by atoms with Crippen LogP contribution in [0.2, 0.25) is 0 Å². The molecule has 1 aliphatic heterocycles. The summed E-state index contributed by atoms with van der Waals surface area (Å²) in [6.45, 7) is 2.95. The molecule has 4 rings (SSSR count). The van der Waals surface area contributed by atoms with Crippen molar-refractivity contribution in [1.29, 1.82) is 0 Å². The standard InChI is InChI=1S/C19H27N3O2/c1-2-5-15-14(10-20-11-21-15)19(23)22-17-13-8-9-24-18(13)16(17)12-6-3-4-7-12/h10-13,16-18H,2-9H2,1H3,(H,22,23)/t13-,16+,17+,18-/m1/s1. The quantitative estimate of drug-likeness (QED) is 0.902. The molecule has 0 unspecified atom stereocenters. The molecule has 0 spiro atoms. The van der Waals surface area contributed by atoms with Crippen molar-refractivity contribution < 1.29 is 9.53 Å². The lowest BCUT2D eigenvalue weighted by molar-refractivity contribution is -0.0784. The van der Waals surface area contributed by atoms with Gasteiger partial charge in [-0.3, -0.25) is 4.79 Å². The van der Waals surface area contributed by atoms with Crippen molar-refractivity contribution in [3.05, 3.63) is 23.8 Å². The number of hydrogen-bond acceptors (Lipinski definition) is 4. The first-order valence-electron chi connectivity index (χ1n) is 9.51. The Morgan fingerprint density at radius 3 is 2.96 bits per heavy atom. The van der Waals surface area contributed by atoms with Crippen LogP contribution in [0.4, 0.5) is 0 Å². The van der Waals surface area contributed by atoms with Gasteiger partial charge in [-0.05, 0) is 18.8 Å². The van der Waals surface area contributed by atoms with E-state index in [1.165, 1.54) is 32.0 Å². The fourth-order valence-electron chi connectivity index (χ4n) is 5.07. The van der Waals surface area contributed by atoms with Gasteiger partial charge in [0.1, 0.15) is 6.33 Å². The van der Waals surface area contributed by atoms with Crippen molar-refractivity contribution in [3.63, 3.8) is 0 Å². The molecule has 130 valence electrons. The average molecular weight is 329 g/mol. The summed E-state index contributed by atoms with van der Waals surface area (Å²) in [7, 11) is 0. The first kappa shape index (κ1) is 16.0. The lowest BCUT2D eigenvalue weighted by atomic mass is 9.61. The van der Waals surface area contributed by atoms with Gasteiger partial charge in [0.25, 0.3) is 5.91 Å². The summed E-state index contributed by atoms with van der Waals surface area (Å²) in [6, 6.07) is 0.266. The minimum absolute atomic E-state index is 0.00241. The minimum atomic E-state index is -0.00241. The molecule has 24 heavy (non-hydrogen) atoms. The van der Waals surface area contributed by atoms with E-state index in [-0.39, 0.29) is 11.9 Å². The molecule has 2 aliphatic carbocycles. The Labute approximate surface area is 143 Å². The average Bonchev–Trinajstić information content (AvgIpc) is 3.24. The zero-order chi connectivity index (χ0) is 16.5. The topological polar surface area (TPSA) is 64.1 Å². The third-order valence-electron chi connectivity index (χ3n) is 6.21. The summed E-state index contributed by atoms with van der Waals surface area (Å²) < 4.78 is 5.98. The largest absolute Gasteiger partial charge is 0.377 e. The van der Waals surface area contributed by atoms with Crippen molar-refractivity contribution in [1.82, 2.24) is 15.3 Å². The van der Waals surface area contributed by atoms with Crippen LogP contribution in [0.1, 0.15) is 61.5 Å². The van der Waals surface area contributed by atoms with Crippen LogP contribution < -0.4 is 5.32 Å². The van der Waals surface area contributed by atoms with Crippen LogP contribution in [0, 0.1) is 17.8 Å². The van der Waals surface area contributed by atoms with Crippen LogP contribution in [0.15, 0.2) is 12.5 Å². The smallest absolute Gasteiger partial charge is 0.254 e. The number of aromatic nitrogens is 2. The second kappa shape index (κ2) is 6.79. The Balaban J connectivity index is 1.50. The molecule has 1 aromatic heterocycles. The van der Waals surface area contributed by atoms with E-state index < -0.39 is 0 Å². The number of rotatable bonds is 5. The predicted molar refractivity (Wildman–Crippen MR) is 90.6 cm³/mol. The molecule has 1 N–H and O–H groups in total. The van der Waals surface area contributed by atoms with Gasteiger partial charge in [-0.25, -0.2) is 9.97 Å². The van der Waals surface area contributed by atoms with E-state index in [1.807, 2.05) is 0 Å². The van der Waals surface area contributed by atoms with Crippen LogP contribution in [-0.2, 0) is 11.2 Å². The van der Waals surface area contributed by atoms with Crippen molar-refractivity contribution in [2.45, 2.75) is 64.0 Å². The molecule has 2 heterocycles. The first-order chi connectivity index (χ1) is 11.8. The number of carbonyl (C=O) groups excluding carboxylic acids is 1. The molecule has 1 aromatic rings. The lowest BCUT2D eigenvalue weighted by Gasteiger charge is -2.50. The second-order valence-corrected chi connectivity index (χ2v) is 7.54. The Morgan fingerprint density at radius 2 is 2.17 bits per heavy atom. The molecule has 3 aliphatic rings. The minimum Gasteiger partial charge on any atom is -0.377 e. The number of carbonyl (C=O) groups is 1. The SMILES string of the molecule is CCCc1ncncc1C(=O)N[C@H]1[C@H]2CCO[C@H]2[C@H]1C1CCCC1. The predicted octanol–water partition coefficient (Wildman–Crippen LogP) is 2.75. The van der Waals surface area contributed by atoms with Crippen LogP contribution in [0.3, 0.4) is 0 Å². The van der Waals surface area contributed by atoms with Crippen molar-refractivity contribution in [3.8, 4) is 0 Å². The molecular weight excluding hydrogens is 302 g/mol. The van der Waals surface area contributed by atoms with Gasteiger partial charge in [-0.2, -0.15) is 0 Å². The van der Waals surface area contributed by atoms with Crippen LogP contribution in [-0.4, -0.2) is 34.6 Å². The number of fused-ring (bicyclic) bond motifs is 1. The monoisotopic (exact) mass is 329 g/mol. The Hall–Kier alpha value is -1.49. The Bertz CT molecular complexity index is 595. The summed E-state index contributed by atoms with van der Waals surface area (Å²) in [5.41, 5.74) is 1.51. The van der Waals surface area contributed by atoms with E-state index in [4.69, 9.17) is 4.74 Å². The van der Waals surface area contributed by atoms with Crippen LogP contribution in [0.5, 0.6) is 0 Å². The molecule has 5 heteroatoms. The van der Waals surface area contributed by atoms with Gasteiger partial charge in [0.15, 0.2) is 0 Å². The number of nitrogens with zero attached hydrogens (tertiary/aromatic N) is 2. The molecule has 0 aromatic carbocycles. The molecule has 5 nitrogen and oxygen atoms in total. The highest BCUT2D eigenvalue weighted by Crippen LogP contribution is 2.51. The van der Waals surface area contributed by atoms with Gasteiger partial charge >= 0.3 is 0 Å². The van der Waals surface area contributed by atoms with E-state index >= 15 is 0 Å². The number of aryl methyl sites for hydroxylation is 1. The summed E-state index contributed by atoms with van der Waals surface area (Å²) in [5.74, 6) is 1.72. The normalized spacial score (nSPS) is 32.4. The van der Waals surface area contributed by atoms with E-state index in [9.17, 15) is 4.79 Å². The zero-order valence-corrected chi connectivity index (χ0v) is 14.4. The maximum Gasteiger partial charge on any atom is 0.254 e. The van der Waals surface area contributed by atoms with Crippen molar-refractivity contribution in [2.75, 3.05) is 6.61 Å². The maximum absolute atomic E-state index is 12.9.